The average molecular weight is 406 g/mol. The smallest absolute Gasteiger partial charge is 0.417 e. The number of alkyl halides is 3. The number of carboxylic acids is 1. The SMILES string of the molecule is O=C(Cc1nc(-c2ccccc2C(F)(F)F)cs1)Nc1ccccc1C(=O)O. The Labute approximate surface area is 161 Å². The third-order valence-corrected chi connectivity index (χ3v) is 4.65. The first kappa shape index (κ1) is 19.6. The number of anilines is 1. The Kier molecular flexibility index (Phi) is 5.46. The largest absolute Gasteiger partial charge is 0.478 e. The van der Waals surface area contributed by atoms with Crippen LogP contribution in [0.3, 0.4) is 0 Å². The van der Waals surface area contributed by atoms with Crippen molar-refractivity contribution < 1.29 is 27.9 Å². The van der Waals surface area contributed by atoms with Crippen LogP contribution < -0.4 is 5.32 Å². The molecule has 1 heterocycles. The van der Waals surface area contributed by atoms with Gasteiger partial charge in [-0.05, 0) is 18.2 Å². The van der Waals surface area contributed by atoms with Crippen LogP contribution in [-0.2, 0) is 17.4 Å². The van der Waals surface area contributed by atoms with Gasteiger partial charge in [0.25, 0.3) is 0 Å². The number of amides is 1. The van der Waals surface area contributed by atoms with Gasteiger partial charge in [0, 0.05) is 10.9 Å². The van der Waals surface area contributed by atoms with E-state index < -0.39 is 23.6 Å². The van der Waals surface area contributed by atoms with E-state index in [0.29, 0.717) is 5.01 Å². The highest BCUT2D eigenvalue weighted by Crippen LogP contribution is 2.37. The number of nitrogens with one attached hydrogen (secondary N) is 1. The molecule has 0 saturated carbocycles. The minimum atomic E-state index is -4.52. The summed E-state index contributed by atoms with van der Waals surface area (Å²) in [7, 11) is 0. The van der Waals surface area contributed by atoms with Gasteiger partial charge in [-0.2, -0.15) is 13.2 Å². The minimum Gasteiger partial charge on any atom is -0.478 e. The number of para-hydroxylation sites is 1. The molecule has 1 amide bonds. The Morgan fingerprint density at radius 2 is 1.75 bits per heavy atom. The molecule has 0 atom stereocenters. The number of benzene rings is 2. The van der Waals surface area contributed by atoms with Gasteiger partial charge >= 0.3 is 12.1 Å². The summed E-state index contributed by atoms with van der Waals surface area (Å²) in [4.78, 5) is 27.5. The number of hydrogen-bond acceptors (Lipinski definition) is 4. The molecule has 0 fully saturated rings. The molecule has 2 aromatic carbocycles. The third kappa shape index (κ3) is 4.37. The van der Waals surface area contributed by atoms with Crippen molar-refractivity contribution in [2.24, 2.45) is 0 Å². The van der Waals surface area contributed by atoms with Crippen LogP contribution in [0.5, 0.6) is 0 Å². The monoisotopic (exact) mass is 406 g/mol. The number of carbonyl (C=O) groups excluding carboxylic acids is 1. The van der Waals surface area contributed by atoms with Crippen LogP contribution >= 0.6 is 11.3 Å². The lowest BCUT2D eigenvalue weighted by molar-refractivity contribution is -0.137. The summed E-state index contributed by atoms with van der Waals surface area (Å²) in [5.74, 6) is -1.70. The second-order valence-corrected chi connectivity index (χ2v) is 6.69. The van der Waals surface area contributed by atoms with Crippen LogP contribution in [0.4, 0.5) is 18.9 Å². The molecule has 3 aromatic rings. The standard InChI is InChI=1S/C19H13F3N2O3S/c20-19(21,22)13-7-3-1-5-11(13)15-10-28-17(24-15)9-16(25)23-14-8-4-2-6-12(14)18(26)27/h1-8,10H,9H2,(H,23,25)(H,26,27). The first-order valence-corrected chi connectivity index (χ1v) is 8.87. The van der Waals surface area contributed by atoms with Gasteiger partial charge in [0.05, 0.1) is 28.9 Å². The molecule has 0 aliphatic carbocycles. The van der Waals surface area contributed by atoms with E-state index in [2.05, 4.69) is 10.3 Å². The van der Waals surface area contributed by atoms with Gasteiger partial charge in [0.1, 0.15) is 5.01 Å². The molecule has 0 bridgehead atoms. The van der Waals surface area contributed by atoms with Gasteiger partial charge in [-0.1, -0.05) is 30.3 Å². The number of hydrogen-bond donors (Lipinski definition) is 2. The number of nitrogens with zero attached hydrogens (tertiary/aromatic N) is 1. The maximum absolute atomic E-state index is 13.2. The van der Waals surface area contributed by atoms with E-state index >= 15 is 0 Å². The fourth-order valence-corrected chi connectivity index (χ4v) is 3.37. The van der Waals surface area contributed by atoms with Crippen molar-refractivity contribution in [2.75, 3.05) is 5.32 Å². The Balaban J connectivity index is 1.78. The highest BCUT2D eigenvalue weighted by atomic mass is 32.1. The number of aromatic nitrogens is 1. The van der Waals surface area contributed by atoms with Gasteiger partial charge in [-0.15, -0.1) is 11.3 Å². The molecule has 0 spiro atoms. The first-order valence-electron chi connectivity index (χ1n) is 7.99. The van der Waals surface area contributed by atoms with Crippen LogP contribution in [0.25, 0.3) is 11.3 Å². The van der Waals surface area contributed by atoms with Gasteiger partial charge in [0.15, 0.2) is 0 Å². The molecule has 144 valence electrons. The summed E-state index contributed by atoms with van der Waals surface area (Å²) in [5, 5.41) is 13.4. The molecule has 3 rings (SSSR count). The first-order chi connectivity index (χ1) is 13.3. The second kappa shape index (κ2) is 7.81. The highest BCUT2D eigenvalue weighted by molar-refractivity contribution is 7.10. The molecule has 0 aliphatic rings. The minimum absolute atomic E-state index is 0.0604. The second-order valence-electron chi connectivity index (χ2n) is 5.75. The lowest BCUT2D eigenvalue weighted by atomic mass is 10.1. The van der Waals surface area contributed by atoms with E-state index in [1.807, 2.05) is 0 Å². The zero-order chi connectivity index (χ0) is 20.3. The Hall–Kier alpha value is -3.20. The molecular formula is C19H13F3N2O3S. The molecule has 0 radical (unpaired) electrons. The molecule has 0 aliphatic heterocycles. The highest BCUT2D eigenvalue weighted by Gasteiger charge is 2.33. The lowest BCUT2D eigenvalue weighted by Gasteiger charge is -2.10. The third-order valence-electron chi connectivity index (χ3n) is 3.80. The van der Waals surface area contributed by atoms with E-state index in [1.165, 1.54) is 41.8 Å². The zero-order valence-corrected chi connectivity index (χ0v) is 15.0. The zero-order valence-electron chi connectivity index (χ0n) is 14.2. The van der Waals surface area contributed by atoms with E-state index in [4.69, 9.17) is 5.11 Å². The summed E-state index contributed by atoms with van der Waals surface area (Å²) >= 11 is 1.06. The predicted molar refractivity (Wildman–Crippen MR) is 98.3 cm³/mol. The summed E-state index contributed by atoms with van der Waals surface area (Å²) in [6.45, 7) is 0. The number of aromatic carboxylic acids is 1. The van der Waals surface area contributed by atoms with Crippen LogP contribution in [0.2, 0.25) is 0 Å². The molecule has 5 nitrogen and oxygen atoms in total. The molecule has 0 unspecified atom stereocenters. The molecule has 0 saturated heterocycles. The molecule has 1 aromatic heterocycles. The van der Waals surface area contributed by atoms with Crippen molar-refractivity contribution in [3.8, 4) is 11.3 Å². The topological polar surface area (TPSA) is 79.3 Å². The normalized spacial score (nSPS) is 11.2. The van der Waals surface area contributed by atoms with Crippen molar-refractivity contribution in [2.45, 2.75) is 12.6 Å². The van der Waals surface area contributed by atoms with E-state index in [9.17, 15) is 22.8 Å². The quantitative estimate of drug-likeness (QED) is 0.643. The number of carboxylic acid groups (broad SMARTS) is 1. The maximum Gasteiger partial charge on any atom is 0.417 e. The summed E-state index contributed by atoms with van der Waals surface area (Å²) in [6.07, 6.45) is -4.70. The van der Waals surface area contributed by atoms with E-state index in [-0.39, 0.29) is 28.9 Å². The number of thiazole rings is 1. The fourth-order valence-electron chi connectivity index (χ4n) is 2.58. The molecular weight excluding hydrogens is 393 g/mol. The van der Waals surface area contributed by atoms with Crippen LogP contribution in [0.15, 0.2) is 53.9 Å². The molecule has 9 heteroatoms. The maximum atomic E-state index is 13.2. The predicted octanol–water partition coefficient (Wildman–Crippen LogP) is 4.71. The van der Waals surface area contributed by atoms with Crippen molar-refractivity contribution in [3.63, 3.8) is 0 Å². The summed E-state index contributed by atoms with van der Waals surface area (Å²) in [6, 6.07) is 11.0. The Bertz CT molecular complexity index is 1030. The Morgan fingerprint density at radius 1 is 1.07 bits per heavy atom. The lowest BCUT2D eigenvalue weighted by Crippen LogP contribution is -2.16. The number of carbonyl (C=O) groups is 2. The summed E-state index contributed by atoms with van der Waals surface area (Å²) in [5.41, 5.74) is -0.651. The van der Waals surface area contributed by atoms with E-state index in [0.717, 1.165) is 17.4 Å². The van der Waals surface area contributed by atoms with Gasteiger partial charge in [0.2, 0.25) is 5.91 Å². The van der Waals surface area contributed by atoms with Gasteiger partial charge in [-0.25, -0.2) is 9.78 Å². The summed E-state index contributed by atoms with van der Waals surface area (Å²) < 4.78 is 39.5. The average Bonchev–Trinajstić information content (AvgIpc) is 3.09. The van der Waals surface area contributed by atoms with Crippen molar-refractivity contribution in [1.82, 2.24) is 4.98 Å². The fraction of sp³-hybridized carbons (Fsp3) is 0.105. The Morgan fingerprint density at radius 3 is 2.46 bits per heavy atom. The van der Waals surface area contributed by atoms with Crippen LogP contribution in [-0.4, -0.2) is 22.0 Å². The van der Waals surface area contributed by atoms with Crippen molar-refractivity contribution >= 4 is 28.9 Å². The van der Waals surface area contributed by atoms with Crippen molar-refractivity contribution in [1.29, 1.82) is 0 Å². The van der Waals surface area contributed by atoms with Gasteiger partial charge in [-0.3, -0.25) is 4.79 Å². The number of halogens is 3. The van der Waals surface area contributed by atoms with Crippen LogP contribution in [0.1, 0.15) is 20.9 Å². The molecule has 28 heavy (non-hydrogen) atoms. The molecule has 2 N–H and O–H groups in total. The van der Waals surface area contributed by atoms with Crippen LogP contribution in [0, 0.1) is 0 Å². The van der Waals surface area contributed by atoms with Gasteiger partial charge < -0.3 is 10.4 Å². The van der Waals surface area contributed by atoms with E-state index in [1.54, 1.807) is 6.07 Å². The van der Waals surface area contributed by atoms with Crippen molar-refractivity contribution in [3.05, 3.63) is 70.0 Å². The number of rotatable bonds is 5.